The number of aryl methyl sites for hydroxylation is 1. The largest absolute Gasteiger partial charge is 0.264 e. The van der Waals surface area contributed by atoms with Crippen LogP contribution < -0.4 is 0 Å². The van der Waals surface area contributed by atoms with Crippen LogP contribution in [0, 0.1) is 6.92 Å². The Morgan fingerprint density at radius 1 is 1.58 bits per heavy atom. The molecule has 0 saturated carbocycles. The van der Waals surface area contributed by atoms with Crippen molar-refractivity contribution in [3.05, 3.63) is 35.7 Å². The molecule has 0 aliphatic rings. The van der Waals surface area contributed by atoms with E-state index in [-0.39, 0.29) is 0 Å². The predicted octanol–water partition coefficient (Wildman–Crippen LogP) is 3.19. The van der Waals surface area contributed by atoms with Crippen LogP contribution in [0.4, 0.5) is 0 Å². The molecule has 1 nitrogen and oxygen atoms in total. The van der Waals surface area contributed by atoms with E-state index >= 15 is 0 Å². The fraction of sp³-hybridized carbons (Fsp3) is 0.300. The summed E-state index contributed by atoms with van der Waals surface area (Å²) < 4.78 is 0. The van der Waals surface area contributed by atoms with E-state index in [2.05, 4.69) is 46.9 Å². The highest BCUT2D eigenvalue weighted by molar-refractivity contribution is 9.09. The molecule has 1 heterocycles. The van der Waals surface area contributed by atoms with Gasteiger partial charge < -0.3 is 0 Å². The lowest BCUT2D eigenvalue weighted by molar-refractivity contribution is 1.25. The average molecular weight is 226 g/mol. The Bertz CT molecular complexity index is 279. The fourth-order valence-corrected chi connectivity index (χ4v) is 1.04. The zero-order valence-electron chi connectivity index (χ0n) is 7.29. The van der Waals surface area contributed by atoms with Crippen LogP contribution in [0.25, 0.3) is 6.08 Å². The molecule has 0 N–H and O–H groups in total. The van der Waals surface area contributed by atoms with Crippen molar-refractivity contribution in [2.75, 3.05) is 0 Å². The van der Waals surface area contributed by atoms with Crippen LogP contribution >= 0.6 is 15.9 Å². The maximum absolute atomic E-state index is 4.06. The molecule has 2 heteroatoms. The van der Waals surface area contributed by atoms with Gasteiger partial charge in [0.1, 0.15) is 0 Å². The molecule has 0 aliphatic carbocycles. The SMILES string of the molecule is Cc1ccncc1/C=C/C(C)Br. The van der Waals surface area contributed by atoms with E-state index in [0.717, 1.165) is 0 Å². The summed E-state index contributed by atoms with van der Waals surface area (Å²) in [6.07, 6.45) is 7.87. The van der Waals surface area contributed by atoms with E-state index in [1.54, 1.807) is 0 Å². The molecule has 12 heavy (non-hydrogen) atoms. The number of hydrogen-bond acceptors (Lipinski definition) is 1. The third-order valence-electron chi connectivity index (χ3n) is 1.62. The van der Waals surface area contributed by atoms with Gasteiger partial charge in [-0.05, 0) is 31.0 Å². The van der Waals surface area contributed by atoms with Crippen molar-refractivity contribution in [1.82, 2.24) is 4.98 Å². The highest BCUT2D eigenvalue weighted by atomic mass is 79.9. The zero-order valence-corrected chi connectivity index (χ0v) is 8.88. The lowest BCUT2D eigenvalue weighted by Gasteiger charge is -1.98. The second-order valence-electron chi connectivity index (χ2n) is 2.77. The number of nitrogens with zero attached hydrogens (tertiary/aromatic N) is 1. The van der Waals surface area contributed by atoms with Crippen molar-refractivity contribution in [3.63, 3.8) is 0 Å². The van der Waals surface area contributed by atoms with Gasteiger partial charge in [0, 0.05) is 17.2 Å². The van der Waals surface area contributed by atoms with Crippen LogP contribution in [0.15, 0.2) is 24.5 Å². The Balaban J connectivity index is 2.82. The maximum atomic E-state index is 4.06. The van der Waals surface area contributed by atoms with E-state index in [0.29, 0.717) is 4.83 Å². The number of pyridine rings is 1. The first kappa shape index (κ1) is 9.46. The highest BCUT2D eigenvalue weighted by Gasteiger charge is 1.92. The summed E-state index contributed by atoms with van der Waals surface area (Å²) in [6, 6.07) is 2.01. The number of rotatable bonds is 2. The summed E-state index contributed by atoms with van der Waals surface area (Å²) in [5.41, 5.74) is 2.44. The van der Waals surface area contributed by atoms with Crippen LogP contribution in [0.2, 0.25) is 0 Å². The van der Waals surface area contributed by atoms with Gasteiger partial charge >= 0.3 is 0 Å². The first-order valence-corrected chi connectivity index (χ1v) is 4.84. The first-order chi connectivity index (χ1) is 5.70. The molecule has 1 aromatic rings. The van der Waals surface area contributed by atoms with Crippen LogP contribution in [-0.2, 0) is 0 Å². The Kier molecular flexibility index (Phi) is 3.48. The molecule has 1 rings (SSSR count). The minimum atomic E-state index is 0.414. The van der Waals surface area contributed by atoms with Gasteiger partial charge in [0.05, 0.1) is 0 Å². The van der Waals surface area contributed by atoms with E-state index in [1.807, 2.05) is 18.5 Å². The molecule has 1 unspecified atom stereocenters. The molecule has 0 spiro atoms. The van der Waals surface area contributed by atoms with Crippen molar-refractivity contribution in [3.8, 4) is 0 Å². The zero-order chi connectivity index (χ0) is 8.97. The van der Waals surface area contributed by atoms with Crippen LogP contribution in [0.3, 0.4) is 0 Å². The van der Waals surface area contributed by atoms with Crippen molar-refractivity contribution in [1.29, 1.82) is 0 Å². The fourth-order valence-electron chi connectivity index (χ4n) is 0.887. The standard InChI is InChI=1S/C10H12BrN/c1-8-5-6-12-7-10(8)4-3-9(2)11/h3-7,9H,1-2H3/b4-3+. The molecule has 0 fully saturated rings. The third-order valence-corrected chi connectivity index (χ3v) is 1.93. The molecule has 64 valence electrons. The van der Waals surface area contributed by atoms with Gasteiger partial charge in [-0.1, -0.05) is 28.1 Å². The van der Waals surface area contributed by atoms with Gasteiger partial charge in [0.25, 0.3) is 0 Å². The van der Waals surface area contributed by atoms with Gasteiger partial charge in [-0.2, -0.15) is 0 Å². The Hall–Kier alpha value is -0.630. The summed E-state index contributed by atoms with van der Waals surface area (Å²) in [6.45, 7) is 4.17. The van der Waals surface area contributed by atoms with Gasteiger partial charge in [0.15, 0.2) is 0 Å². The minimum Gasteiger partial charge on any atom is -0.264 e. The lowest BCUT2D eigenvalue weighted by atomic mass is 10.1. The Morgan fingerprint density at radius 2 is 2.33 bits per heavy atom. The molecule has 0 aromatic carbocycles. The average Bonchev–Trinajstić information content (AvgIpc) is 2.03. The topological polar surface area (TPSA) is 12.9 Å². The van der Waals surface area contributed by atoms with Crippen molar-refractivity contribution < 1.29 is 0 Å². The third kappa shape index (κ3) is 2.78. The molecular formula is C10H12BrN. The van der Waals surface area contributed by atoms with E-state index < -0.39 is 0 Å². The van der Waals surface area contributed by atoms with Crippen LogP contribution in [0.1, 0.15) is 18.1 Å². The van der Waals surface area contributed by atoms with E-state index in [1.165, 1.54) is 11.1 Å². The molecule has 0 aliphatic heterocycles. The van der Waals surface area contributed by atoms with Gasteiger partial charge in [0.2, 0.25) is 0 Å². The van der Waals surface area contributed by atoms with Crippen LogP contribution in [-0.4, -0.2) is 9.81 Å². The molecule has 1 atom stereocenters. The molecular weight excluding hydrogens is 214 g/mol. The van der Waals surface area contributed by atoms with Crippen molar-refractivity contribution in [2.24, 2.45) is 0 Å². The second kappa shape index (κ2) is 4.41. The smallest absolute Gasteiger partial charge is 0.0342 e. The number of allylic oxidation sites excluding steroid dienone is 1. The summed E-state index contributed by atoms with van der Waals surface area (Å²) in [4.78, 5) is 4.47. The highest BCUT2D eigenvalue weighted by Crippen LogP contribution is 2.09. The van der Waals surface area contributed by atoms with E-state index in [4.69, 9.17) is 0 Å². The molecule has 0 radical (unpaired) electrons. The summed E-state index contributed by atoms with van der Waals surface area (Å²) in [5.74, 6) is 0. The number of alkyl halides is 1. The summed E-state index contributed by atoms with van der Waals surface area (Å²) >= 11 is 3.45. The minimum absolute atomic E-state index is 0.414. The second-order valence-corrected chi connectivity index (χ2v) is 4.21. The monoisotopic (exact) mass is 225 g/mol. The maximum Gasteiger partial charge on any atom is 0.0342 e. The van der Waals surface area contributed by atoms with Gasteiger partial charge in [-0.15, -0.1) is 0 Å². The molecule has 1 aromatic heterocycles. The normalized spacial score (nSPS) is 13.6. The Morgan fingerprint density at radius 3 is 2.92 bits per heavy atom. The van der Waals surface area contributed by atoms with Crippen molar-refractivity contribution in [2.45, 2.75) is 18.7 Å². The van der Waals surface area contributed by atoms with Gasteiger partial charge in [-0.25, -0.2) is 0 Å². The molecule has 0 amide bonds. The number of halogens is 1. The summed E-state index contributed by atoms with van der Waals surface area (Å²) in [5, 5.41) is 0. The molecule has 0 bridgehead atoms. The van der Waals surface area contributed by atoms with E-state index in [9.17, 15) is 0 Å². The number of hydrogen-bond donors (Lipinski definition) is 0. The number of aromatic nitrogens is 1. The summed E-state index contributed by atoms with van der Waals surface area (Å²) in [7, 11) is 0. The lowest BCUT2D eigenvalue weighted by Crippen LogP contribution is -1.84. The predicted molar refractivity (Wildman–Crippen MR) is 56.4 cm³/mol. The first-order valence-electron chi connectivity index (χ1n) is 3.93. The van der Waals surface area contributed by atoms with Crippen molar-refractivity contribution >= 4 is 22.0 Å². The Labute approximate surface area is 81.7 Å². The quantitative estimate of drug-likeness (QED) is 0.705. The van der Waals surface area contributed by atoms with Crippen LogP contribution in [0.5, 0.6) is 0 Å². The van der Waals surface area contributed by atoms with Gasteiger partial charge in [-0.3, -0.25) is 4.98 Å². The molecule has 0 saturated heterocycles.